The molecule has 0 saturated heterocycles. The second kappa shape index (κ2) is 7.76. The number of benzene rings is 2. The van der Waals surface area contributed by atoms with Gasteiger partial charge >= 0.3 is 10.2 Å². The van der Waals surface area contributed by atoms with E-state index in [1.807, 2.05) is 19.1 Å². The van der Waals surface area contributed by atoms with E-state index in [0.717, 1.165) is 14.2 Å². The third-order valence-electron chi connectivity index (χ3n) is 3.90. The molecule has 1 N–H and O–H groups in total. The van der Waals surface area contributed by atoms with Gasteiger partial charge in [0.2, 0.25) is 0 Å². The standard InChI is InChI=1S/C18H23N3O4S/c1-13-6-11-17(25-5)16(12-13)19-18(22)14-7-9-15(10-8-14)21(4)26(23,24)20(2)3/h6-12H,1-5H3,(H,19,22). The number of nitrogens with one attached hydrogen (secondary N) is 1. The van der Waals surface area contributed by atoms with Gasteiger partial charge in [-0.2, -0.15) is 12.7 Å². The number of nitrogens with zero attached hydrogens (tertiary/aromatic N) is 2. The van der Waals surface area contributed by atoms with E-state index in [0.29, 0.717) is 22.7 Å². The fourth-order valence-electron chi connectivity index (χ4n) is 2.31. The zero-order chi connectivity index (χ0) is 19.5. The van der Waals surface area contributed by atoms with Crippen molar-refractivity contribution in [2.24, 2.45) is 0 Å². The molecular weight excluding hydrogens is 354 g/mol. The monoisotopic (exact) mass is 377 g/mol. The van der Waals surface area contributed by atoms with Gasteiger partial charge in [0, 0.05) is 26.7 Å². The predicted molar refractivity (Wildman–Crippen MR) is 103 cm³/mol. The van der Waals surface area contributed by atoms with Crippen LogP contribution in [-0.2, 0) is 10.2 Å². The number of ether oxygens (including phenoxy) is 1. The van der Waals surface area contributed by atoms with Crippen LogP contribution in [0.5, 0.6) is 5.75 Å². The third-order valence-corrected chi connectivity index (χ3v) is 5.73. The minimum absolute atomic E-state index is 0.307. The number of hydrogen-bond acceptors (Lipinski definition) is 4. The number of aryl methyl sites for hydroxylation is 1. The van der Waals surface area contributed by atoms with Crippen molar-refractivity contribution in [2.45, 2.75) is 6.92 Å². The molecule has 2 aromatic rings. The molecule has 0 aliphatic heterocycles. The minimum atomic E-state index is -3.58. The first-order chi connectivity index (χ1) is 12.2. The van der Waals surface area contributed by atoms with E-state index in [1.54, 1.807) is 30.3 Å². The van der Waals surface area contributed by atoms with Crippen molar-refractivity contribution in [2.75, 3.05) is 37.9 Å². The zero-order valence-corrected chi connectivity index (χ0v) is 16.3. The molecule has 0 aliphatic rings. The maximum Gasteiger partial charge on any atom is 0.303 e. The maximum atomic E-state index is 12.5. The van der Waals surface area contributed by atoms with E-state index in [4.69, 9.17) is 4.74 Å². The summed E-state index contributed by atoms with van der Waals surface area (Å²) in [5.74, 6) is 0.260. The van der Waals surface area contributed by atoms with Crippen LogP contribution in [0.1, 0.15) is 15.9 Å². The summed E-state index contributed by atoms with van der Waals surface area (Å²) >= 11 is 0. The molecule has 7 nitrogen and oxygen atoms in total. The highest BCUT2D eigenvalue weighted by molar-refractivity contribution is 7.90. The van der Waals surface area contributed by atoms with Gasteiger partial charge in [-0.1, -0.05) is 6.07 Å². The van der Waals surface area contributed by atoms with Gasteiger partial charge < -0.3 is 10.1 Å². The van der Waals surface area contributed by atoms with Crippen LogP contribution in [0.4, 0.5) is 11.4 Å². The molecule has 8 heteroatoms. The second-order valence-electron chi connectivity index (χ2n) is 5.96. The Morgan fingerprint density at radius 1 is 1.04 bits per heavy atom. The molecule has 2 aromatic carbocycles. The highest BCUT2D eigenvalue weighted by Gasteiger charge is 2.21. The van der Waals surface area contributed by atoms with E-state index < -0.39 is 10.2 Å². The molecule has 0 fully saturated rings. The molecule has 0 bridgehead atoms. The van der Waals surface area contributed by atoms with Gasteiger partial charge in [-0.15, -0.1) is 0 Å². The molecule has 0 heterocycles. The summed E-state index contributed by atoms with van der Waals surface area (Å²) in [6.45, 7) is 1.92. The van der Waals surface area contributed by atoms with Gasteiger partial charge in [0.25, 0.3) is 5.91 Å². The van der Waals surface area contributed by atoms with E-state index in [-0.39, 0.29) is 5.91 Å². The number of anilines is 2. The SMILES string of the molecule is COc1ccc(C)cc1NC(=O)c1ccc(N(C)S(=O)(=O)N(C)C)cc1. The zero-order valence-electron chi connectivity index (χ0n) is 15.5. The van der Waals surface area contributed by atoms with Crippen LogP contribution in [0.2, 0.25) is 0 Å². The lowest BCUT2D eigenvalue weighted by Crippen LogP contribution is -2.37. The van der Waals surface area contributed by atoms with Crippen molar-refractivity contribution in [3.63, 3.8) is 0 Å². The van der Waals surface area contributed by atoms with Gasteiger partial charge in [0.1, 0.15) is 5.75 Å². The third kappa shape index (κ3) is 4.14. The first-order valence-corrected chi connectivity index (χ1v) is 9.29. The molecule has 26 heavy (non-hydrogen) atoms. The van der Waals surface area contributed by atoms with E-state index in [2.05, 4.69) is 5.32 Å². The lowest BCUT2D eigenvalue weighted by molar-refractivity contribution is 0.102. The summed E-state index contributed by atoms with van der Waals surface area (Å²) in [5, 5.41) is 2.81. The number of amides is 1. The Kier molecular flexibility index (Phi) is 5.89. The van der Waals surface area contributed by atoms with Crippen molar-refractivity contribution in [3.8, 4) is 5.75 Å². The van der Waals surface area contributed by atoms with E-state index in [1.165, 1.54) is 28.3 Å². The highest BCUT2D eigenvalue weighted by atomic mass is 32.2. The molecule has 0 aromatic heterocycles. The molecule has 0 spiro atoms. The smallest absolute Gasteiger partial charge is 0.303 e. The molecule has 0 radical (unpaired) electrons. The van der Waals surface area contributed by atoms with Crippen LogP contribution in [0.15, 0.2) is 42.5 Å². The number of hydrogen-bond donors (Lipinski definition) is 1. The number of rotatable bonds is 6. The Labute approximate surface area is 154 Å². The number of methoxy groups -OCH3 is 1. The normalized spacial score (nSPS) is 11.3. The predicted octanol–water partition coefficient (Wildman–Crippen LogP) is 2.50. The fourth-order valence-corrected chi connectivity index (χ4v) is 3.19. The second-order valence-corrected chi connectivity index (χ2v) is 8.14. The van der Waals surface area contributed by atoms with Crippen LogP contribution >= 0.6 is 0 Å². The van der Waals surface area contributed by atoms with E-state index >= 15 is 0 Å². The number of carbonyl (C=O) groups excluding carboxylic acids is 1. The Hall–Kier alpha value is -2.58. The summed E-state index contributed by atoms with van der Waals surface area (Å²) < 4.78 is 31.8. The molecule has 140 valence electrons. The van der Waals surface area contributed by atoms with Crippen molar-refractivity contribution < 1.29 is 17.9 Å². The lowest BCUT2D eigenvalue weighted by atomic mass is 10.1. The van der Waals surface area contributed by atoms with Crippen molar-refractivity contribution in [3.05, 3.63) is 53.6 Å². The minimum Gasteiger partial charge on any atom is -0.495 e. The summed E-state index contributed by atoms with van der Waals surface area (Å²) in [5.41, 5.74) is 2.44. The Balaban J connectivity index is 2.21. The van der Waals surface area contributed by atoms with Crippen LogP contribution in [0, 0.1) is 6.92 Å². The summed E-state index contributed by atoms with van der Waals surface area (Å²) in [7, 11) is 2.34. The van der Waals surface area contributed by atoms with Crippen LogP contribution in [0.3, 0.4) is 0 Å². The lowest BCUT2D eigenvalue weighted by Gasteiger charge is -2.23. The van der Waals surface area contributed by atoms with Gasteiger partial charge in [-0.25, -0.2) is 0 Å². The van der Waals surface area contributed by atoms with E-state index in [9.17, 15) is 13.2 Å². The van der Waals surface area contributed by atoms with Crippen LogP contribution in [-0.4, -0.2) is 46.9 Å². The molecule has 2 rings (SSSR count). The van der Waals surface area contributed by atoms with Gasteiger partial charge in [0.05, 0.1) is 18.5 Å². The molecule has 1 amide bonds. The average Bonchev–Trinajstić information content (AvgIpc) is 2.61. The molecule has 0 unspecified atom stereocenters. The molecular formula is C18H23N3O4S. The maximum absolute atomic E-state index is 12.5. The quantitative estimate of drug-likeness (QED) is 0.839. The number of carbonyl (C=O) groups is 1. The Bertz CT molecular complexity index is 893. The topological polar surface area (TPSA) is 79.0 Å². The van der Waals surface area contributed by atoms with Gasteiger partial charge in [0.15, 0.2) is 0 Å². The summed E-state index contributed by atoms with van der Waals surface area (Å²) in [4.78, 5) is 12.5. The summed E-state index contributed by atoms with van der Waals surface area (Å²) in [6, 6.07) is 11.8. The largest absolute Gasteiger partial charge is 0.495 e. The fraction of sp³-hybridized carbons (Fsp3) is 0.278. The average molecular weight is 377 g/mol. The first-order valence-electron chi connectivity index (χ1n) is 7.89. The first kappa shape index (κ1) is 19.7. The van der Waals surface area contributed by atoms with Gasteiger partial charge in [-0.05, 0) is 48.9 Å². The van der Waals surface area contributed by atoms with Crippen molar-refractivity contribution >= 4 is 27.5 Å². The molecule has 0 aliphatic carbocycles. The summed E-state index contributed by atoms with van der Waals surface area (Å²) in [6.07, 6.45) is 0. The van der Waals surface area contributed by atoms with Crippen LogP contribution in [0.25, 0.3) is 0 Å². The highest BCUT2D eigenvalue weighted by Crippen LogP contribution is 2.26. The van der Waals surface area contributed by atoms with Crippen molar-refractivity contribution in [1.82, 2.24) is 4.31 Å². The molecule has 0 atom stereocenters. The van der Waals surface area contributed by atoms with Crippen LogP contribution < -0.4 is 14.4 Å². The van der Waals surface area contributed by atoms with Crippen molar-refractivity contribution in [1.29, 1.82) is 0 Å². The Morgan fingerprint density at radius 2 is 1.65 bits per heavy atom. The molecule has 0 saturated carbocycles. The Morgan fingerprint density at radius 3 is 2.19 bits per heavy atom. The van der Waals surface area contributed by atoms with Gasteiger partial charge in [-0.3, -0.25) is 9.10 Å².